The Morgan fingerprint density at radius 3 is 2.76 bits per heavy atom. The first-order valence-corrected chi connectivity index (χ1v) is 6.94. The van der Waals surface area contributed by atoms with E-state index < -0.39 is 17.5 Å². The second kappa shape index (κ2) is 6.65. The monoisotopic (exact) mass is 297 g/mol. The van der Waals surface area contributed by atoms with Crippen molar-refractivity contribution in [3.63, 3.8) is 0 Å². The number of carbonyl (C=O) groups is 2. The second-order valence-electron chi connectivity index (χ2n) is 4.97. The van der Waals surface area contributed by atoms with Gasteiger partial charge in [0.25, 0.3) is 5.91 Å². The van der Waals surface area contributed by atoms with Crippen LogP contribution in [0.25, 0.3) is 0 Å². The lowest BCUT2D eigenvalue weighted by Crippen LogP contribution is -2.42. The van der Waals surface area contributed by atoms with Gasteiger partial charge in [-0.25, -0.2) is 8.78 Å². The predicted molar refractivity (Wildman–Crippen MR) is 71.6 cm³/mol. The highest BCUT2D eigenvalue weighted by molar-refractivity contribution is 5.94. The van der Waals surface area contributed by atoms with E-state index in [9.17, 15) is 18.4 Å². The molecule has 1 unspecified atom stereocenters. The summed E-state index contributed by atoms with van der Waals surface area (Å²) in [6.45, 7) is 2.77. The van der Waals surface area contributed by atoms with Crippen LogP contribution in [-0.2, 0) is 9.53 Å². The molecule has 114 valence electrons. The summed E-state index contributed by atoms with van der Waals surface area (Å²) in [5.41, 5.74) is 0.0819. The Morgan fingerprint density at radius 2 is 2.10 bits per heavy atom. The minimum atomic E-state index is -1.06. The van der Waals surface area contributed by atoms with Gasteiger partial charge in [0, 0.05) is 18.7 Å². The van der Waals surface area contributed by atoms with Crippen LogP contribution in [0.5, 0.6) is 0 Å². The smallest absolute Gasteiger partial charge is 0.310 e. The van der Waals surface area contributed by atoms with Crippen molar-refractivity contribution in [3.05, 3.63) is 35.4 Å². The molecule has 21 heavy (non-hydrogen) atoms. The van der Waals surface area contributed by atoms with E-state index in [-0.39, 0.29) is 24.0 Å². The zero-order valence-electron chi connectivity index (χ0n) is 11.8. The molecule has 0 aromatic heterocycles. The molecule has 1 amide bonds. The zero-order valence-corrected chi connectivity index (χ0v) is 11.8. The highest BCUT2D eigenvalue weighted by Crippen LogP contribution is 2.20. The molecule has 1 atom stereocenters. The number of halogens is 2. The summed E-state index contributed by atoms with van der Waals surface area (Å²) in [5, 5.41) is 0. The minimum absolute atomic E-state index is 0.0819. The Labute approximate surface area is 121 Å². The van der Waals surface area contributed by atoms with E-state index in [1.807, 2.05) is 0 Å². The van der Waals surface area contributed by atoms with E-state index in [2.05, 4.69) is 0 Å². The topological polar surface area (TPSA) is 46.6 Å². The lowest BCUT2D eigenvalue weighted by atomic mass is 9.97. The first-order valence-electron chi connectivity index (χ1n) is 6.94. The van der Waals surface area contributed by atoms with E-state index in [4.69, 9.17) is 4.74 Å². The molecule has 1 aliphatic rings. The Hall–Kier alpha value is -1.98. The number of benzene rings is 1. The van der Waals surface area contributed by atoms with E-state index in [1.54, 1.807) is 6.92 Å². The third-order valence-electron chi connectivity index (χ3n) is 3.50. The van der Waals surface area contributed by atoms with Crippen LogP contribution in [0, 0.1) is 17.6 Å². The number of nitrogens with zero attached hydrogens (tertiary/aromatic N) is 1. The summed E-state index contributed by atoms with van der Waals surface area (Å²) >= 11 is 0. The van der Waals surface area contributed by atoms with Crippen molar-refractivity contribution in [2.24, 2.45) is 5.92 Å². The summed E-state index contributed by atoms with van der Waals surface area (Å²) in [5.74, 6) is -3.12. The minimum Gasteiger partial charge on any atom is -0.466 e. The van der Waals surface area contributed by atoms with E-state index in [1.165, 1.54) is 11.0 Å². The van der Waals surface area contributed by atoms with Gasteiger partial charge in [0.05, 0.1) is 12.5 Å². The largest absolute Gasteiger partial charge is 0.466 e. The van der Waals surface area contributed by atoms with Gasteiger partial charge in [-0.3, -0.25) is 9.59 Å². The van der Waals surface area contributed by atoms with Crippen LogP contribution in [0.2, 0.25) is 0 Å². The van der Waals surface area contributed by atoms with Crippen molar-refractivity contribution < 1.29 is 23.1 Å². The van der Waals surface area contributed by atoms with Gasteiger partial charge >= 0.3 is 5.97 Å². The molecular weight excluding hydrogens is 280 g/mol. The van der Waals surface area contributed by atoms with Crippen LogP contribution in [-0.4, -0.2) is 36.5 Å². The van der Waals surface area contributed by atoms with Gasteiger partial charge in [0.15, 0.2) is 11.6 Å². The van der Waals surface area contributed by atoms with Gasteiger partial charge in [-0.05, 0) is 38.0 Å². The predicted octanol–water partition coefficient (Wildman–Crippen LogP) is 2.38. The molecule has 6 heteroatoms. The maximum Gasteiger partial charge on any atom is 0.310 e. The zero-order chi connectivity index (χ0) is 15.4. The van der Waals surface area contributed by atoms with Crippen LogP contribution in [0.4, 0.5) is 8.78 Å². The Bertz CT molecular complexity index is 548. The van der Waals surface area contributed by atoms with Crippen LogP contribution < -0.4 is 0 Å². The Kier molecular flexibility index (Phi) is 4.88. The van der Waals surface area contributed by atoms with E-state index >= 15 is 0 Å². The number of ether oxygens (including phenoxy) is 1. The Balaban J connectivity index is 2.08. The van der Waals surface area contributed by atoms with Crippen molar-refractivity contribution in [2.45, 2.75) is 19.8 Å². The lowest BCUT2D eigenvalue weighted by molar-refractivity contribution is -0.149. The number of piperidine rings is 1. The second-order valence-corrected chi connectivity index (χ2v) is 4.97. The van der Waals surface area contributed by atoms with Crippen LogP contribution in [0.3, 0.4) is 0 Å². The van der Waals surface area contributed by atoms with Gasteiger partial charge < -0.3 is 9.64 Å². The lowest BCUT2D eigenvalue weighted by Gasteiger charge is -2.31. The molecule has 0 saturated carbocycles. The molecule has 0 radical (unpaired) electrons. The van der Waals surface area contributed by atoms with E-state index in [0.29, 0.717) is 26.0 Å². The van der Waals surface area contributed by atoms with Crippen LogP contribution in [0.1, 0.15) is 30.1 Å². The molecule has 2 rings (SSSR count). The molecule has 1 saturated heterocycles. The summed E-state index contributed by atoms with van der Waals surface area (Å²) in [6, 6.07) is 3.05. The summed E-state index contributed by atoms with van der Waals surface area (Å²) in [7, 11) is 0. The number of hydrogen-bond donors (Lipinski definition) is 0. The third-order valence-corrected chi connectivity index (χ3v) is 3.50. The normalized spacial score (nSPS) is 18.4. The SMILES string of the molecule is CCOC(=O)C1CCCN(C(=O)c2ccc(F)c(F)c2)C1. The molecule has 0 aliphatic carbocycles. The van der Waals surface area contributed by atoms with Crippen LogP contribution >= 0.6 is 0 Å². The van der Waals surface area contributed by atoms with E-state index in [0.717, 1.165) is 12.1 Å². The first kappa shape index (κ1) is 15.4. The van der Waals surface area contributed by atoms with Crippen LogP contribution in [0.15, 0.2) is 18.2 Å². The molecule has 0 spiro atoms. The quantitative estimate of drug-likeness (QED) is 0.805. The van der Waals surface area contributed by atoms with Crippen molar-refractivity contribution in [1.29, 1.82) is 0 Å². The highest BCUT2D eigenvalue weighted by Gasteiger charge is 2.30. The number of hydrogen-bond acceptors (Lipinski definition) is 3. The number of carbonyl (C=O) groups excluding carboxylic acids is 2. The Morgan fingerprint density at radius 1 is 1.33 bits per heavy atom. The maximum atomic E-state index is 13.2. The summed E-state index contributed by atoms with van der Waals surface area (Å²) in [6.07, 6.45) is 1.35. The van der Waals surface area contributed by atoms with Gasteiger partial charge in [0.1, 0.15) is 0 Å². The fourth-order valence-electron chi connectivity index (χ4n) is 2.43. The molecule has 1 fully saturated rings. The molecular formula is C15H17F2NO3. The molecule has 4 nitrogen and oxygen atoms in total. The maximum absolute atomic E-state index is 13.2. The average molecular weight is 297 g/mol. The number of likely N-dealkylation sites (tertiary alicyclic amines) is 1. The molecule has 0 N–H and O–H groups in total. The third kappa shape index (κ3) is 3.56. The van der Waals surface area contributed by atoms with Gasteiger partial charge in [-0.15, -0.1) is 0 Å². The molecule has 1 aromatic carbocycles. The van der Waals surface area contributed by atoms with Gasteiger partial charge in [-0.2, -0.15) is 0 Å². The number of esters is 1. The van der Waals surface area contributed by atoms with Gasteiger partial charge in [0.2, 0.25) is 0 Å². The number of rotatable bonds is 3. The van der Waals surface area contributed by atoms with Crippen molar-refractivity contribution in [3.8, 4) is 0 Å². The molecule has 1 heterocycles. The summed E-state index contributed by atoms with van der Waals surface area (Å²) in [4.78, 5) is 25.5. The fourth-order valence-corrected chi connectivity index (χ4v) is 2.43. The molecule has 0 bridgehead atoms. The highest BCUT2D eigenvalue weighted by atomic mass is 19.2. The molecule has 1 aliphatic heterocycles. The standard InChI is InChI=1S/C15H17F2NO3/c1-2-21-15(20)11-4-3-7-18(9-11)14(19)10-5-6-12(16)13(17)8-10/h5-6,8,11H,2-4,7,9H2,1H3. The summed E-state index contributed by atoms with van der Waals surface area (Å²) < 4.78 is 31.1. The average Bonchev–Trinajstić information content (AvgIpc) is 2.49. The van der Waals surface area contributed by atoms with Gasteiger partial charge in [-0.1, -0.05) is 0 Å². The van der Waals surface area contributed by atoms with Crippen molar-refractivity contribution in [1.82, 2.24) is 4.90 Å². The first-order chi connectivity index (χ1) is 10.0. The fraction of sp³-hybridized carbons (Fsp3) is 0.467. The molecule has 1 aromatic rings. The van der Waals surface area contributed by atoms with Crippen molar-refractivity contribution >= 4 is 11.9 Å². The van der Waals surface area contributed by atoms with Crippen molar-refractivity contribution in [2.75, 3.05) is 19.7 Å². The number of amides is 1.